The molecule has 0 aromatic heterocycles. The van der Waals surface area contributed by atoms with E-state index < -0.39 is 0 Å². The first-order valence-corrected chi connectivity index (χ1v) is 8.70. The summed E-state index contributed by atoms with van der Waals surface area (Å²) >= 11 is 3.45. The topological polar surface area (TPSA) is 32.3 Å². The molecule has 3 rings (SSSR count). The van der Waals surface area contributed by atoms with Crippen LogP contribution in [0.5, 0.6) is 0 Å². The van der Waals surface area contributed by atoms with Gasteiger partial charge in [0.25, 0.3) is 0 Å². The second-order valence-electron chi connectivity index (χ2n) is 6.42. The zero-order chi connectivity index (χ0) is 14.8. The van der Waals surface area contributed by atoms with Crippen molar-refractivity contribution in [2.45, 2.75) is 50.6 Å². The van der Waals surface area contributed by atoms with Crippen LogP contribution in [-0.4, -0.2) is 36.0 Å². The lowest BCUT2D eigenvalue weighted by atomic mass is 9.97. The Kier molecular flexibility index (Phi) is 4.65. The Bertz CT molecular complexity index is 502. The van der Waals surface area contributed by atoms with E-state index in [0.29, 0.717) is 24.4 Å². The minimum absolute atomic E-state index is 0.277. The molecule has 1 aromatic rings. The predicted molar refractivity (Wildman–Crippen MR) is 88.3 cm³/mol. The third kappa shape index (κ3) is 3.67. The van der Waals surface area contributed by atoms with E-state index >= 15 is 0 Å². The predicted octanol–water partition coefficient (Wildman–Crippen LogP) is 3.30. The Balaban J connectivity index is 1.59. The van der Waals surface area contributed by atoms with E-state index in [9.17, 15) is 4.79 Å². The van der Waals surface area contributed by atoms with Crippen molar-refractivity contribution >= 4 is 21.8 Å². The molecule has 2 fully saturated rings. The van der Waals surface area contributed by atoms with Gasteiger partial charge in [0.15, 0.2) is 0 Å². The fourth-order valence-corrected chi connectivity index (χ4v) is 3.73. The van der Waals surface area contributed by atoms with Crippen LogP contribution in [0.15, 0.2) is 28.7 Å². The van der Waals surface area contributed by atoms with Gasteiger partial charge in [-0.25, -0.2) is 0 Å². The first-order chi connectivity index (χ1) is 10.1. The van der Waals surface area contributed by atoms with Gasteiger partial charge in [-0.2, -0.15) is 0 Å². The fraction of sp³-hybridized carbons (Fsp3) is 0.588. The highest BCUT2D eigenvalue weighted by Gasteiger charge is 2.31. The van der Waals surface area contributed by atoms with Crippen LogP contribution in [0.25, 0.3) is 0 Å². The van der Waals surface area contributed by atoms with Gasteiger partial charge in [-0.15, -0.1) is 0 Å². The Morgan fingerprint density at radius 1 is 1.29 bits per heavy atom. The monoisotopic (exact) mass is 350 g/mol. The molecule has 0 aliphatic carbocycles. The van der Waals surface area contributed by atoms with Crippen molar-refractivity contribution < 1.29 is 4.79 Å². The van der Waals surface area contributed by atoms with Crippen LogP contribution in [0.3, 0.4) is 0 Å². The molecule has 3 atom stereocenters. The zero-order valence-corrected chi connectivity index (χ0v) is 14.1. The van der Waals surface area contributed by atoms with Crippen molar-refractivity contribution in [3.05, 3.63) is 34.3 Å². The van der Waals surface area contributed by atoms with Crippen LogP contribution < -0.4 is 5.32 Å². The number of benzene rings is 1. The Morgan fingerprint density at radius 3 is 2.76 bits per heavy atom. The molecule has 2 heterocycles. The molecule has 3 nitrogen and oxygen atoms in total. The van der Waals surface area contributed by atoms with Gasteiger partial charge in [0, 0.05) is 36.1 Å². The lowest BCUT2D eigenvalue weighted by molar-refractivity contribution is -0.131. The number of nitrogens with zero attached hydrogens (tertiary/aromatic N) is 1. The number of likely N-dealkylation sites (tertiary alicyclic amines) is 1. The zero-order valence-electron chi connectivity index (χ0n) is 12.5. The van der Waals surface area contributed by atoms with E-state index in [2.05, 4.69) is 45.2 Å². The summed E-state index contributed by atoms with van der Waals surface area (Å²) in [5, 5.41) is 3.63. The van der Waals surface area contributed by atoms with E-state index in [-0.39, 0.29) is 5.92 Å². The van der Waals surface area contributed by atoms with Gasteiger partial charge in [-0.05, 0) is 42.9 Å². The van der Waals surface area contributed by atoms with E-state index in [1.54, 1.807) is 0 Å². The summed E-state index contributed by atoms with van der Waals surface area (Å²) in [6.45, 7) is 3.95. The molecule has 1 N–H and O–H groups in total. The van der Waals surface area contributed by atoms with Crippen LogP contribution >= 0.6 is 15.9 Å². The maximum atomic E-state index is 12.6. The van der Waals surface area contributed by atoms with Gasteiger partial charge >= 0.3 is 0 Å². The quantitative estimate of drug-likeness (QED) is 0.906. The first kappa shape index (κ1) is 15.0. The molecule has 0 spiro atoms. The third-order valence-electron chi connectivity index (χ3n) is 4.80. The molecule has 114 valence electrons. The normalized spacial score (nSPS) is 26.5. The Morgan fingerprint density at radius 2 is 2.00 bits per heavy atom. The summed E-state index contributed by atoms with van der Waals surface area (Å²) in [5.41, 5.74) is 1.24. The molecule has 2 aliphatic heterocycles. The highest BCUT2D eigenvalue weighted by molar-refractivity contribution is 9.10. The summed E-state index contributed by atoms with van der Waals surface area (Å²) in [7, 11) is 0. The van der Waals surface area contributed by atoms with Crippen LogP contribution in [0.1, 0.15) is 44.1 Å². The lowest BCUT2D eigenvalue weighted by Gasteiger charge is -2.25. The number of rotatable bonds is 3. The molecule has 2 saturated heterocycles. The number of amides is 1. The number of carbonyl (C=O) groups is 1. The number of hydrogen-bond donors (Lipinski definition) is 1. The maximum absolute atomic E-state index is 12.6. The summed E-state index contributed by atoms with van der Waals surface area (Å²) < 4.78 is 1.08. The molecule has 1 aromatic carbocycles. The number of halogens is 1. The van der Waals surface area contributed by atoms with Gasteiger partial charge in [-0.1, -0.05) is 35.0 Å². The molecular formula is C17H23BrN2O. The summed E-state index contributed by atoms with van der Waals surface area (Å²) in [5.74, 6) is 0.582. The van der Waals surface area contributed by atoms with E-state index in [4.69, 9.17) is 0 Å². The minimum Gasteiger partial charge on any atom is -0.341 e. The smallest absolute Gasteiger partial charge is 0.223 e. The standard InChI is InChI=1S/C17H23BrN2O/c1-12(13-2-4-14(18)5-3-13)10-17(21)20-9-8-15-6-7-16(11-20)19-15/h2-5,12,15-16,19H,6-11H2,1H3. The van der Waals surface area contributed by atoms with Crippen molar-refractivity contribution in [1.29, 1.82) is 0 Å². The van der Waals surface area contributed by atoms with Gasteiger partial charge < -0.3 is 10.2 Å². The van der Waals surface area contributed by atoms with Crippen molar-refractivity contribution in [3.63, 3.8) is 0 Å². The van der Waals surface area contributed by atoms with Gasteiger partial charge in [0.2, 0.25) is 5.91 Å². The minimum atomic E-state index is 0.277. The second-order valence-corrected chi connectivity index (χ2v) is 7.34. The average Bonchev–Trinajstić information content (AvgIpc) is 2.78. The lowest BCUT2D eigenvalue weighted by Crippen LogP contribution is -2.39. The molecular weight excluding hydrogens is 328 g/mol. The largest absolute Gasteiger partial charge is 0.341 e. The van der Waals surface area contributed by atoms with Crippen LogP contribution in [0.2, 0.25) is 0 Å². The van der Waals surface area contributed by atoms with E-state index in [0.717, 1.165) is 24.0 Å². The van der Waals surface area contributed by atoms with Crippen LogP contribution in [-0.2, 0) is 4.79 Å². The third-order valence-corrected chi connectivity index (χ3v) is 5.32. The Hall–Kier alpha value is -0.870. The summed E-state index contributed by atoms with van der Waals surface area (Å²) in [4.78, 5) is 14.6. The number of hydrogen-bond acceptors (Lipinski definition) is 2. The van der Waals surface area contributed by atoms with Crippen molar-refractivity contribution in [3.8, 4) is 0 Å². The average molecular weight is 351 g/mol. The number of nitrogens with one attached hydrogen (secondary N) is 1. The second kappa shape index (κ2) is 6.49. The van der Waals surface area contributed by atoms with Crippen molar-refractivity contribution in [2.75, 3.05) is 13.1 Å². The van der Waals surface area contributed by atoms with Crippen molar-refractivity contribution in [2.24, 2.45) is 0 Å². The molecule has 3 unspecified atom stereocenters. The van der Waals surface area contributed by atoms with E-state index in [1.165, 1.54) is 18.4 Å². The summed E-state index contributed by atoms with van der Waals surface area (Å²) in [6.07, 6.45) is 4.21. The summed E-state index contributed by atoms with van der Waals surface area (Å²) in [6, 6.07) is 9.46. The highest BCUT2D eigenvalue weighted by Crippen LogP contribution is 2.25. The van der Waals surface area contributed by atoms with Gasteiger partial charge in [-0.3, -0.25) is 4.79 Å². The number of carbonyl (C=O) groups excluding carboxylic acids is 1. The molecule has 21 heavy (non-hydrogen) atoms. The molecule has 0 radical (unpaired) electrons. The first-order valence-electron chi connectivity index (χ1n) is 7.91. The van der Waals surface area contributed by atoms with E-state index in [1.807, 2.05) is 12.1 Å². The molecule has 2 bridgehead atoms. The van der Waals surface area contributed by atoms with Crippen LogP contribution in [0.4, 0.5) is 0 Å². The number of fused-ring (bicyclic) bond motifs is 2. The highest BCUT2D eigenvalue weighted by atomic mass is 79.9. The Labute approximate surface area is 135 Å². The SMILES string of the molecule is CC(CC(=O)N1CCC2CCC(C1)N2)c1ccc(Br)cc1. The molecule has 0 saturated carbocycles. The fourth-order valence-electron chi connectivity index (χ4n) is 3.47. The van der Waals surface area contributed by atoms with Crippen molar-refractivity contribution in [1.82, 2.24) is 10.2 Å². The van der Waals surface area contributed by atoms with Gasteiger partial charge in [0.1, 0.15) is 0 Å². The maximum Gasteiger partial charge on any atom is 0.223 e. The molecule has 4 heteroatoms. The molecule has 1 amide bonds. The molecule has 2 aliphatic rings. The van der Waals surface area contributed by atoms with Crippen LogP contribution in [0, 0.1) is 0 Å². The van der Waals surface area contributed by atoms with Gasteiger partial charge in [0.05, 0.1) is 0 Å².